The second-order valence-electron chi connectivity index (χ2n) is 6.88. The highest BCUT2D eigenvalue weighted by molar-refractivity contribution is 5.96. The molecule has 0 aliphatic carbocycles. The first kappa shape index (κ1) is 18.3. The minimum absolute atomic E-state index is 0.0553. The van der Waals surface area contributed by atoms with Crippen molar-refractivity contribution in [3.05, 3.63) is 29.3 Å². The average molecular weight is 333 g/mol. The van der Waals surface area contributed by atoms with Gasteiger partial charge < -0.3 is 20.4 Å². The number of amides is 3. The van der Waals surface area contributed by atoms with Gasteiger partial charge >= 0.3 is 6.03 Å². The molecule has 0 unspecified atom stereocenters. The summed E-state index contributed by atoms with van der Waals surface area (Å²) in [6, 6.07) is 5.69. The topological polar surface area (TPSA) is 65.9 Å². The van der Waals surface area contributed by atoms with Gasteiger partial charge in [0.25, 0.3) is 0 Å². The third-order valence-electron chi connectivity index (χ3n) is 4.40. The molecule has 1 aromatic carbocycles. The second-order valence-corrected chi connectivity index (χ2v) is 6.88. The number of benzene rings is 1. The van der Waals surface area contributed by atoms with Crippen molar-refractivity contribution >= 4 is 17.6 Å². The first-order valence-electron chi connectivity index (χ1n) is 8.58. The van der Waals surface area contributed by atoms with E-state index in [1.807, 2.05) is 25.1 Å². The summed E-state index contributed by atoms with van der Waals surface area (Å²) >= 11 is 0. The molecule has 0 saturated carbocycles. The van der Waals surface area contributed by atoms with Crippen molar-refractivity contribution in [1.82, 2.24) is 10.6 Å². The van der Waals surface area contributed by atoms with E-state index in [9.17, 15) is 9.59 Å². The van der Waals surface area contributed by atoms with Gasteiger partial charge in [0.05, 0.1) is 26.7 Å². The number of nitrogens with one attached hydrogen (secondary N) is 3. The van der Waals surface area contributed by atoms with Crippen LogP contribution in [-0.2, 0) is 4.79 Å². The molecule has 2 rings (SSSR count). The average Bonchev–Trinajstić information content (AvgIpc) is 2.87. The van der Waals surface area contributed by atoms with E-state index < -0.39 is 0 Å². The van der Waals surface area contributed by atoms with E-state index in [1.54, 1.807) is 4.90 Å². The quantitative estimate of drug-likeness (QED) is 0.653. The third kappa shape index (κ3) is 4.96. The van der Waals surface area contributed by atoms with E-state index in [4.69, 9.17) is 0 Å². The monoisotopic (exact) mass is 333 g/mol. The van der Waals surface area contributed by atoms with Crippen molar-refractivity contribution in [3.63, 3.8) is 0 Å². The van der Waals surface area contributed by atoms with Crippen molar-refractivity contribution in [3.8, 4) is 0 Å². The number of hydrogen-bond donors (Lipinski definition) is 3. The molecule has 1 aliphatic heterocycles. The van der Waals surface area contributed by atoms with Crippen molar-refractivity contribution in [1.29, 1.82) is 0 Å². The summed E-state index contributed by atoms with van der Waals surface area (Å²) in [6.07, 6.45) is 1.29. The maximum Gasteiger partial charge on any atom is 0.315 e. The number of quaternary nitrogens is 1. The largest absolute Gasteiger partial charge is 0.340 e. The van der Waals surface area contributed by atoms with Gasteiger partial charge in [-0.25, -0.2) is 4.79 Å². The molecule has 1 aromatic rings. The van der Waals surface area contributed by atoms with Crippen molar-refractivity contribution in [2.75, 3.05) is 38.6 Å². The van der Waals surface area contributed by atoms with E-state index in [0.29, 0.717) is 19.5 Å². The molecule has 6 nitrogen and oxygen atoms in total. The summed E-state index contributed by atoms with van der Waals surface area (Å²) in [6.45, 7) is 6.29. The number of aryl methyl sites for hydroxylation is 2. The van der Waals surface area contributed by atoms with E-state index in [-0.39, 0.29) is 18.0 Å². The Labute approximate surface area is 144 Å². The Kier molecular flexibility index (Phi) is 6.20. The highest BCUT2D eigenvalue weighted by atomic mass is 16.2. The number of rotatable bonds is 6. The molecule has 1 atom stereocenters. The molecule has 132 valence electrons. The lowest BCUT2D eigenvalue weighted by Gasteiger charge is -2.18. The highest BCUT2D eigenvalue weighted by Crippen LogP contribution is 2.23. The SMILES string of the molecule is Cc1ccc(N2C[C@@H](NC(=O)NCCC[NH+](C)C)CC2=O)cc1C. The van der Waals surface area contributed by atoms with Crippen molar-refractivity contribution in [2.24, 2.45) is 0 Å². The smallest absolute Gasteiger partial charge is 0.315 e. The van der Waals surface area contributed by atoms with E-state index >= 15 is 0 Å². The third-order valence-corrected chi connectivity index (χ3v) is 4.40. The fraction of sp³-hybridized carbons (Fsp3) is 0.556. The molecule has 0 bridgehead atoms. The summed E-state index contributed by atoms with van der Waals surface area (Å²) in [4.78, 5) is 27.3. The maximum absolute atomic E-state index is 12.2. The normalized spacial score (nSPS) is 17.5. The molecule has 3 amide bonds. The maximum atomic E-state index is 12.2. The van der Waals surface area contributed by atoms with Gasteiger partial charge in [-0.15, -0.1) is 0 Å². The van der Waals surface area contributed by atoms with Crippen LogP contribution < -0.4 is 20.4 Å². The van der Waals surface area contributed by atoms with Crippen LogP contribution in [0.1, 0.15) is 24.0 Å². The van der Waals surface area contributed by atoms with Gasteiger partial charge in [0.1, 0.15) is 0 Å². The zero-order valence-corrected chi connectivity index (χ0v) is 15.1. The molecule has 1 fully saturated rings. The molecule has 1 saturated heterocycles. The Morgan fingerprint density at radius 2 is 2.04 bits per heavy atom. The molecule has 1 aliphatic rings. The number of carbonyl (C=O) groups is 2. The van der Waals surface area contributed by atoms with Gasteiger partial charge in [0, 0.05) is 31.6 Å². The van der Waals surface area contributed by atoms with E-state index in [1.165, 1.54) is 10.5 Å². The van der Waals surface area contributed by atoms with Crippen LogP contribution in [0.4, 0.5) is 10.5 Å². The molecule has 3 N–H and O–H groups in total. The molecule has 6 heteroatoms. The van der Waals surface area contributed by atoms with Gasteiger partial charge in [-0.1, -0.05) is 6.07 Å². The highest BCUT2D eigenvalue weighted by Gasteiger charge is 2.31. The van der Waals surface area contributed by atoms with Crippen molar-refractivity contribution in [2.45, 2.75) is 32.7 Å². The summed E-state index contributed by atoms with van der Waals surface area (Å²) in [7, 11) is 4.18. The molecule has 0 aromatic heterocycles. The van der Waals surface area contributed by atoms with Gasteiger partial charge in [-0.05, 0) is 37.1 Å². The number of anilines is 1. The molecular weight excluding hydrogens is 304 g/mol. The second kappa shape index (κ2) is 8.15. The molecule has 1 heterocycles. The van der Waals surface area contributed by atoms with Crippen LogP contribution in [-0.4, -0.2) is 51.7 Å². The minimum atomic E-state index is -0.191. The molecule has 24 heavy (non-hydrogen) atoms. The number of nitrogens with zero attached hydrogens (tertiary/aromatic N) is 1. The standard InChI is InChI=1S/C18H28N4O2/c1-13-6-7-16(10-14(13)2)22-12-15(11-17(22)23)20-18(24)19-8-5-9-21(3)4/h6-7,10,15H,5,8-9,11-12H2,1-4H3,(H2,19,20,24)/p+1/t15-/m0/s1. The Hall–Kier alpha value is -2.08. The van der Waals surface area contributed by atoms with Gasteiger partial charge in [-0.3, -0.25) is 4.79 Å². The fourth-order valence-electron chi connectivity index (χ4n) is 2.83. The first-order chi connectivity index (χ1) is 11.4. The summed E-state index contributed by atoms with van der Waals surface area (Å²) in [5.41, 5.74) is 3.28. The van der Waals surface area contributed by atoms with Crippen LogP contribution in [0.3, 0.4) is 0 Å². The lowest BCUT2D eigenvalue weighted by Crippen LogP contribution is -3.05. The molecule has 0 spiro atoms. The minimum Gasteiger partial charge on any atom is -0.340 e. The van der Waals surface area contributed by atoms with Crippen LogP contribution in [0.25, 0.3) is 0 Å². The predicted molar refractivity (Wildman–Crippen MR) is 95.5 cm³/mol. The summed E-state index contributed by atoms with van der Waals surface area (Å²) < 4.78 is 0. The zero-order chi connectivity index (χ0) is 17.7. The summed E-state index contributed by atoms with van der Waals surface area (Å²) in [5, 5.41) is 5.76. The Bertz CT molecular complexity index is 601. The number of hydrogen-bond acceptors (Lipinski definition) is 2. The van der Waals surface area contributed by atoms with Crippen LogP contribution in [0.5, 0.6) is 0 Å². The van der Waals surface area contributed by atoms with Gasteiger partial charge in [0.2, 0.25) is 5.91 Å². The summed E-state index contributed by atoms with van der Waals surface area (Å²) in [5.74, 6) is 0.0553. The van der Waals surface area contributed by atoms with Gasteiger partial charge in [0.15, 0.2) is 0 Å². The fourth-order valence-corrected chi connectivity index (χ4v) is 2.83. The number of urea groups is 1. The van der Waals surface area contributed by atoms with Crippen LogP contribution in [0.15, 0.2) is 18.2 Å². The Morgan fingerprint density at radius 1 is 1.29 bits per heavy atom. The van der Waals surface area contributed by atoms with Crippen molar-refractivity contribution < 1.29 is 14.5 Å². The predicted octanol–water partition coefficient (Wildman–Crippen LogP) is 0.243. The van der Waals surface area contributed by atoms with Gasteiger partial charge in [-0.2, -0.15) is 0 Å². The Balaban J connectivity index is 1.83. The van der Waals surface area contributed by atoms with Crippen LogP contribution >= 0.6 is 0 Å². The lowest BCUT2D eigenvalue weighted by atomic mass is 10.1. The zero-order valence-electron chi connectivity index (χ0n) is 15.1. The molecule has 0 radical (unpaired) electrons. The molecular formula is C18H29N4O2+. The first-order valence-corrected chi connectivity index (χ1v) is 8.58. The van der Waals surface area contributed by atoms with E-state index in [0.717, 1.165) is 24.2 Å². The van der Waals surface area contributed by atoms with E-state index in [2.05, 4.69) is 31.7 Å². The Morgan fingerprint density at radius 3 is 2.71 bits per heavy atom. The van der Waals surface area contributed by atoms with Crippen LogP contribution in [0.2, 0.25) is 0 Å². The lowest BCUT2D eigenvalue weighted by molar-refractivity contribution is -0.858. The van der Waals surface area contributed by atoms with Crippen LogP contribution in [0, 0.1) is 13.8 Å². The number of carbonyl (C=O) groups excluding carboxylic acids is 2.